The van der Waals surface area contributed by atoms with Crippen molar-refractivity contribution < 1.29 is 19.0 Å². The van der Waals surface area contributed by atoms with Crippen LogP contribution in [0.4, 0.5) is 14.9 Å². The van der Waals surface area contributed by atoms with E-state index in [2.05, 4.69) is 15.5 Å². The Hall–Kier alpha value is -3.17. The Balaban J connectivity index is 1.37. The number of carbonyl (C=O) groups excluding carboxylic acids is 1. The number of nitrogens with zero attached hydrogens (tertiary/aromatic N) is 4. The number of nitrogens with one attached hydrogen (secondary N) is 1. The van der Waals surface area contributed by atoms with Gasteiger partial charge in [-0.3, -0.25) is 4.90 Å². The number of aliphatic hydroxyl groups is 1. The highest BCUT2D eigenvalue weighted by atomic mass is 19.1. The summed E-state index contributed by atoms with van der Waals surface area (Å²) in [7, 11) is 1.94. The number of hydrogen-bond donors (Lipinski definition) is 2. The Morgan fingerprint density at radius 1 is 1.20 bits per heavy atom. The molecule has 0 spiro atoms. The molecule has 5 rings (SSSR count). The van der Waals surface area contributed by atoms with Crippen molar-refractivity contribution in [3.63, 3.8) is 0 Å². The lowest BCUT2D eigenvalue weighted by Gasteiger charge is -2.16. The standard InChI is InChI=1S/C21H22FN5O3/c1-25-11-20(23-24-25)26-8-14-3-2-13(6-15(14)9-26)18-5-4-16(7-19(18)22)27-10-17(12-28)30-21(27)29/h2-7,17,24,28H,8-12H2,1H3. The van der Waals surface area contributed by atoms with Crippen LogP contribution in [0.3, 0.4) is 0 Å². The molecule has 1 atom stereocenters. The monoisotopic (exact) mass is 411 g/mol. The zero-order valence-corrected chi connectivity index (χ0v) is 16.5. The van der Waals surface area contributed by atoms with Crippen molar-refractivity contribution in [1.82, 2.24) is 15.4 Å². The summed E-state index contributed by atoms with van der Waals surface area (Å²) in [6.07, 6.45) is -1.16. The van der Waals surface area contributed by atoms with Crippen molar-refractivity contribution in [2.75, 3.05) is 31.6 Å². The zero-order chi connectivity index (χ0) is 20.8. The van der Waals surface area contributed by atoms with E-state index in [1.807, 2.05) is 30.3 Å². The summed E-state index contributed by atoms with van der Waals surface area (Å²) in [4.78, 5) is 15.5. The lowest BCUT2D eigenvalue weighted by atomic mass is 10.00. The van der Waals surface area contributed by atoms with Gasteiger partial charge in [-0.15, -0.1) is 5.10 Å². The predicted octanol–water partition coefficient (Wildman–Crippen LogP) is 1.89. The van der Waals surface area contributed by atoms with Crippen molar-refractivity contribution in [2.24, 2.45) is 5.10 Å². The SMILES string of the molecule is CN1CC(N2Cc3ccc(-c4ccc(N5CC(CO)OC5=O)cc4F)cc3C2)=NN1. The summed E-state index contributed by atoms with van der Waals surface area (Å²) < 4.78 is 20.0. The number of likely N-dealkylation sites (N-methyl/N-ethyl adjacent to an activating group) is 1. The number of carbonyl (C=O) groups is 1. The number of cyclic esters (lactones) is 1. The van der Waals surface area contributed by atoms with Gasteiger partial charge < -0.3 is 14.7 Å². The van der Waals surface area contributed by atoms with Crippen LogP contribution in [0.25, 0.3) is 11.1 Å². The first-order valence-electron chi connectivity index (χ1n) is 9.81. The normalized spacial score (nSPS) is 21.0. The van der Waals surface area contributed by atoms with E-state index in [-0.39, 0.29) is 13.2 Å². The minimum absolute atomic E-state index is 0.205. The number of aliphatic hydroxyl groups excluding tert-OH is 1. The van der Waals surface area contributed by atoms with E-state index in [0.29, 0.717) is 11.3 Å². The van der Waals surface area contributed by atoms with E-state index in [9.17, 15) is 14.3 Å². The molecule has 30 heavy (non-hydrogen) atoms. The van der Waals surface area contributed by atoms with Gasteiger partial charge in [0.15, 0.2) is 0 Å². The Morgan fingerprint density at radius 3 is 2.73 bits per heavy atom. The number of hydrazone groups is 1. The van der Waals surface area contributed by atoms with Crippen LogP contribution in [0, 0.1) is 5.82 Å². The molecule has 156 valence electrons. The van der Waals surface area contributed by atoms with Gasteiger partial charge in [0.05, 0.1) is 25.4 Å². The van der Waals surface area contributed by atoms with Crippen molar-refractivity contribution in [1.29, 1.82) is 0 Å². The van der Waals surface area contributed by atoms with Gasteiger partial charge >= 0.3 is 6.09 Å². The van der Waals surface area contributed by atoms with Crippen LogP contribution in [0.5, 0.6) is 0 Å². The van der Waals surface area contributed by atoms with Gasteiger partial charge in [0.2, 0.25) is 0 Å². The summed E-state index contributed by atoms with van der Waals surface area (Å²) in [6, 6.07) is 10.7. The number of anilines is 1. The lowest BCUT2D eigenvalue weighted by molar-refractivity contribution is 0.0963. The van der Waals surface area contributed by atoms with Crippen LogP contribution in [0.15, 0.2) is 41.5 Å². The van der Waals surface area contributed by atoms with Crippen LogP contribution >= 0.6 is 0 Å². The van der Waals surface area contributed by atoms with Gasteiger partial charge in [-0.2, -0.15) is 0 Å². The van der Waals surface area contributed by atoms with Crippen LogP contribution in [-0.2, 0) is 17.8 Å². The number of benzene rings is 2. The first kappa shape index (κ1) is 18.8. The number of ether oxygens (including phenoxy) is 1. The highest BCUT2D eigenvalue weighted by molar-refractivity contribution is 5.90. The number of hydrazine groups is 1. The number of rotatable bonds is 3. The Bertz CT molecular complexity index is 1040. The van der Waals surface area contributed by atoms with E-state index >= 15 is 0 Å². The number of amides is 1. The lowest BCUT2D eigenvalue weighted by Crippen LogP contribution is -2.32. The Morgan fingerprint density at radius 2 is 2.03 bits per heavy atom. The average molecular weight is 411 g/mol. The molecular weight excluding hydrogens is 389 g/mol. The second-order valence-electron chi connectivity index (χ2n) is 7.79. The van der Waals surface area contributed by atoms with Crippen LogP contribution in [0.1, 0.15) is 11.1 Å². The first-order chi connectivity index (χ1) is 14.5. The fourth-order valence-electron chi connectivity index (χ4n) is 4.07. The van der Waals surface area contributed by atoms with Crippen molar-refractivity contribution in [3.05, 3.63) is 53.3 Å². The minimum Gasteiger partial charge on any atom is -0.441 e. The highest BCUT2D eigenvalue weighted by Gasteiger charge is 2.32. The highest BCUT2D eigenvalue weighted by Crippen LogP contribution is 2.32. The molecule has 1 amide bonds. The molecule has 3 heterocycles. The third-order valence-corrected chi connectivity index (χ3v) is 5.68. The first-order valence-corrected chi connectivity index (χ1v) is 9.81. The van der Waals surface area contributed by atoms with Crippen LogP contribution in [0.2, 0.25) is 0 Å². The minimum atomic E-state index is -0.584. The van der Waals surface area contributed by atoms with Crippen LogP contribution in [-0.4, -0.2) is 59.8 Å². The molecule has 1 saturated heterocycles. The third-order valence-electron chi connectivity index (χ3n) is 5.68. The Kier molecular flexibility index (Phi) is 4.56. The third kappa shape index (κ3) is 3.25. The summed E-state index contributed by atoms with van der Waals surface area (Å²) in [5.74, 6) is 0.581. The smallest absolute Gasteiger partial charge is 0.414 e. The number of amidine groups is 1. The summed E-state index contributed by atoms with van der Waals surface area (Å²) >= 11 is 0. The molecule has 0 saturated carbocycles. The van der Waals surface area contributed by atoms with E-state index in [1.54, 1.807) is 12.1 Å². The topological polar surface area (TPSA) is 80.6 Å². The summed E-state index contributed by atoms with van der Waals surface area (Å²) in [5.41, 5.74) is 6.99. The molecule has 3 aliphatic heterocycles. The molecule has 2 aromatic carbocycles. The number of hydrogen-bond acceptors (Lipinski definition) is 7. The fraction of sp³-hybridized carbons (Fsp3) is 0.333. The fourth-order valence-corrected chi connectivity index (χ4v) is 4.07. The molecule has 2 N–H and O–H groups in total. The van der Waals surface area contributed by atoms with E-state index < -0.39 is 18.0 Å². The Labute approximate surface area is 173 Å². The maximum Gasteiger partial charge on any atom is 0.414 e. The van der Waals surface area contributed by atoms with Gasteiger partial charge in [0.1, 0.15) is 17.8 Å². The van der Waals surface area contributed by atoms with Gasteiger partial charge in [-0.25, -0.2) is 19.7 Å². The molecule has 2 aromatic rings. The quantitative estimate of drug-likeness (QED) is 0.803. The molecule has 1 fully saturated rings. The van der Waals surface area contributed by atoms with Crippen molar-refractivity contribution in [3.8, 4) is 11.1 Å². The average Bonchev–Trinajstić information content (AvgIpc) is 3.44. The maximum absolute atomic E-state index is 14.9. The molecule has 0 bridgehead atoms. The number of halogens is 1. The van der Waals surface area contributed by atoms with Crippen molar-refractivity contribution in [2.45, 2.75) is 19.2 Å². The maximum atomic E-state index is 14.9. The van der Waals surface area contributed by atoms with Crippen molar-refractivity contribution >= 4 is 17.6 Å². The largest absolute Gasteiger partial charge is 0.441 e. The molecule has 1 unspecified atom stereocenters. The van der Waals surface area contributed by atoms with E-state index in [4.69, 9.17) is 4.74 Å². The van der Waals surface area contributed by atoms with E-state index in [0.717, 1.165) is 36.6 Å². The van der Waals surface area contributed by atoms with Crippen LogP contribution < -0.4 is 10.4 Å². The van der Waals surface area contributed by atoms with Gasteiger partial charge in [0.25, 0.3) is 0 Å². The molecule has 8 nitrogen and oxygen atoms in total. The summed E-state index contributed by atoms with van der Waals surface area (Å²) in [6.45, 7) is 2.21. The zero-order valence-electron chi connectivity index (χ0n) is 16.5. The summed E-state index contributed by atoms with van der Waals surface area (Å²) in [5, 5.41) is 15.4. The van der Waals surface area contributed by atoms with Gasteiger partial charge in [-0.1, -0.05) is 12.1 Å². The second-order valence-corrected chi connectivity index (χ2v) is 7.79. The molecule has 3 aliphatic rings. The molecule has 0 radical (unpaired) electrons. The molecule has 0 aromatic heterocycles. The predicted molar refractivity (Wildman–Crippen MR) is 109 cm³/mol. The second kappa shape index (κ2) is 7.26. The van der Waals surface area contributed by atoms with E-state index in [1.165, 1.54) is 16.5 Å². The number of fused-ring (bicyclic) bond motifs is 1. The molecule has 9 heteroatoms. The van der Waals surface area contributed by atoms with Gasteiger partial charge in [0, 0.05) is 25.7 Å². The van der Waals surface area contributed by atoms with Gasteiger partial charge in [-0.05, 0) is 41.0 Å². The molecular formula is C21H22FN5O3. The molecule has 0 aliphatic carbocycles.